The van der Waals surface area contributed by atoms with Gasteiger partial charge in [-0.3, -0.25) is 14.6 Å². The Bertz CT molecular complexity index is 818. The van der Waals surface area contributed by atoms with Crippen molar-refractivity contribution in [3.05, 3.63) is 38.9 Å². The van der Waals surface area contributed by atoms with Crippen LogP contribution in [-0.4, -0.2) is 34.4 Å². The SMILES string of the molecule is CN(CC1CCCC1)C(=O)c1ccc2c(=O)[nH]c(=S)[nH]c2c1. The molecule has 0 unspecified atom stereocenters. The van der Waals surface area contributed by atoms with E-state index in [-0.39, 0.29) is 16.2 Å². The summed E-state index contributed by atoms with van der Waals surface area (Å²) in [6, 6.07) is 5.06. The Labute approximate surface area is 133 Å². The predicted molar refractivity (Wildman–Crippen MR) is 88.7 cm³/mol. The van der Waals surface area contributed by atoms with E-state index >= 15 is 0 Å². The van der Waals surface area contributed by atoms with Gasteiger partial charge in [-0.05, 0) is 49.2 Å². The molecule has 0 saturated heterocycles. The quantitative estimate of drug-likeness (QED) is 0.855. The standard InChI is InChI=1S/C16H19N3O2S/c1-19(9-10-4-2-3-5-10)15(21)11-6-7-12-13(8-11)17-16(22)18-14(12)20/h6-8,10H,2-5,9H2,1H3,(H2,17,18,20,22). The van der Waals surface area contributed by atoms with Crippen molar-refractivity contribution in [2.75, 3.05) is 13.6 Å². The van der Waals surface area contributed by atoms with Crippen molar-refractivity contribution >= 4 is 29.0 Å². The molecule has 2 N–H and O–H groups in total. The zero-order chi connectivity index (χ0) is 15.7. The molecule has 0 bridgehead atoms. The average molecular weight is 317 g/mol. The van der Waals surface area contributed by atoms with Crippen molar-refractivity contribution in [3.8, 4) is 0 Å². The topological polar surface area (TPSA) is 69.0 Å². The van der Waals surface area contributed by atoms with Gasteiger partial charge in [-0.2, -0.15) is 0 Å². The van der Waals surface area contributed by atoms with Crippen LogP contribution in [0.2, 0.25) is 0 Å². The van der Waals surface area contributed by atoms with Crippen molar-refractivity contribution in [2.24, 2.45) is 5.92 Å². The number of hydrogen-bond acceptors (Lipinski definition) is 3. The lowest BCUT2D eigenvalue weighted by atomic mass is 10.1. The van der Waals surface area contributed by atoms with E-state index in [1.54, 1.807) is 23.1 Å². The molecule has 3 rings (SSSR count). The minimum absolute atomic E-state index is 0.0200. The molecular weight excluding hydrogens is 298 g/mol. The second-order valence-electron chi connectivity index (χ2n) is 6.00. The van der Waals surface area contributed by atoms with Gasteiger partial charge >= 0.3 is 0 Å². The fraction of sp³-hybridized carbons (Fsp3) is 0.438. The molecule has 6 heteroatoms. The molecule has 0 spiro atoms. The van der Waals surface area contributed by atoms with Gasteiger partial charge in [0.05, 0.1) is 10.9 Å². The number of rotatable bonds is 3. The van der Waals surface area contributed by atoms with Crippen LogP contribution in [0, 0.1) is 10.7 Å². The van der Waals surface area contributed by atoms with Crippen LogP contribution >= 0.6 is 12.2 Å². The van der Waals surface area contributed by atoms with Crippen molar-refractivity contribution < 1.29 is 4.79 Å². The summed E-state index contributed by atoms with van der Waals surface area (Å²) in [5.41, 5.74) is 0.926. The number of amides is 1. The molecule has 1 heterocycles. The Hall–Kier alpha value is -1.95. The number of nitrogens with one attached hydrogen (secondary N) is 2. The van der Waals surface area contributed by atoms with Crippen molar-refractivity contribution in [1.82, 2.24) is 14.9 Å². The first-order chi connectivity index (χ1) is 10.5. The molecule has 116 valence electrons. The monoisotopic (exact) mass is 317 g/mol. The molecule has 0 atom stereocenters. The minimum atomic E-state index is -0.239. The minimum Gasteiger partial charge on any atom is -0.341 e. The molecule has 1 amide bonds. The summed E-state index contributed by atoms with van der Waals surface area (Å²) in [7, 11) is 1.84. The Morgan fingerprint density at radius 2 is 2.05 bits per heavy atom. The smallest absolute Gasteiger partial charge is 0.259 e. The number of aromatic nitrogens is 2. The molecule has 22 heavy (non-hydrogen) atoms. The van der Waals surface area contributed by atoms with E-state index in [1.807, 2.05) is 7.05 Å². The Morgan fingerprint density at radius 1 is 1.32 bits per heavy atom. The van der Waals surface area contributed by atoms with Gasteiger partial charge in [0.25, 0.3) is 11.5 Å². The maximum atomic E-state index is 12.5. The lowest BCUT2D eigenvalue weighted by Gasteiger charge is -2.21. The van der Waals surface area contributed by atoms with E-state index < -0.39 is 0 Å². The molecule has 5 nitrogen and oxygen atoms in total. The van der Waals surface area contributed by atoms with E-state index in [1.165, 1.54) is 25.7 Å². The predicted octanol–water partition coefficient (Wildman–Crippen LogP) is 2.85. The first-order valence-corrected chi connectivity index (χ1v) is 7.97. The highest BCUT2D eigenvalue weighted by molar-refractivity contribution is 7.71. The summed E-state index contributed by atoms with van der Waals surface area (Å²) in [6.07, 6.45) is 4.94. The van der Waals surface area contributed by atoms with Crippen LogP contribution in [0.1, 0.15) is 36.0 Å². The van der Waals surface area contributed by atoms with Crippen molar-refractivity contribution in [3.63, 3.8) is 0 Å². The van der Waals surface area contributed by atoms with Crippen LogP contribution < -0.4 is 5.56 Å². The zero-order valence-electron chi connectivity index (χ0n) is 12.5. The van der Waals surface area contributed by atoms with Gasteiger partial charge in [-0.1, -0.05) is 12.8 Å². The van der Waals surface area contributed by atoms with E-state index in [2.05, 4.69) is 9.97 Å². The molecule has 1 aromatic carbocycles. The normalized spacial score (nSPS) is 15.3. The zero-order valence-corrected chi connectivity index (χ0v) is 13.3. The molecular formula is C16H19N3O2S. The second kappa shape index (κ2) is 6.04. The number of carbonyl (C=O) groups is 1. The maximum Gasteiger partial charge on any atom is 0.259 e. The second-order valence-corrected chi connectivity index (χ2v) is 6.41. The summed E-state index contributed by atoms with van der Waals surface area (Å²) in [6.45, 7) is 0.794. The summed E-state index contributed by atoms with van der Waals surface area (Å²) < 4.78 is 0.265. The maximum absolute atomic E-state index is 12.5. The largest absolute Gasteiger partial charge is 0.341 e. The summed E-state index contributed by atoms with van der Waals surface area (Å²) >= 11 is 4.98. The van der Waals surface area contributed by atoms with Gasteiger partial charge in [0.15, 0.2) is 4.77 Å². The van der Waals surface area contributed by atoms with Crippen LogP contribution in [-0.2, 0) is 0 Å². The number of hydrogen-bond donors (Lipinski definition) is 2. The highest BCUT2D eigenvalue weighted by Gasteiger charge is 2.20. The van der Waals surface area contributed by atoms with Gasteiger partial charge in [0.1, 0.15) is 0 Å². The molecule has 1 fully saturated rings. The highest BCUT2D eigenvalue weighted by atomic mass is 32.1. The van der Waals surface area contributed by atoms with Crippen molar-refractivity contribution in [2.45, 2.75) is 25.7 Å². The number of fused-ring (bicyclic) bond motifs is 1. The fourth-order valence-corrected chi connectivity index (χ4v) is 3.39. The van der Waals surface area contributed by atoms with Crippen LogP contribution in [0.5, 0.6) is 0 Å². The van der Waals surface area contributed by atoms with E-state index in [0.717, 1.165) is 6.54 Å². The average Bonchev–Trinajstić information content (AvgIpc) is 2.98. The van der Waals surface area contributed by atoms with Gasteiger partial charge < -0.3 is 9.88 Å². The van der Waals surface area contributed by atoms with Gasteiger partial charge in [0.2, 0.25) is 0 Å². The molecule has 0 radical (unpaired) electrons. The van der Waals surface area contributed by atoms with E-state index in [0.29, 0.717) is 22.4 Å². The van der Waals surface area contributed by atoms with E-state index in [4.69, 9.17) is 12.2 Å². The molecule has 1 aromatic heterocycles. The molecule has 1 aliphatic carbocycles. The number of benzene rings is 1. The number of nitrogens with zero attached hydrogens (tertiary/aromatic N) is 1. The molecule has 1 aliphatic rings. The van der Waals surface area contributed by atoms with Gasteiger partial charge in [0, 0.05) is 19.2 Å². The van der Waals surface area contributed by atoms with E-state index in [9.17, 15) is 9.59 Å². The summed E-state index contributed by atoms with van der Waals surface area (Å²) in [5, 5.41) is 0.503. The van der Waals surface area contributed by atoms with Gasteiger partial charge in [-0.25, -0.2) is 0 Å². The lowest BCUT2D eigenvalue weighted by molar-refractivity contribution is 0.0773. The molecule has 0 aliphatic heterocycles. The van der Waals surface area contributed by atoms with Crippen LogP contribution in [0.4, 0.5) is 0 Å². The number of H-pyrrole nitrogens is 2. The third-order valence-corrected chi connectivity index (χ3v) is 4.54. The Kier molecular flexibility index (Phi) is 4.11. The van der Waals surface area contributed by atoms with Crippen LogP contribution in [0.3, 0.4) is 0 Å². The number of carbonyl (C=O) groups excluding carboxylic acids is 1. The summed E-state index contributed by atoms with van der Waals surface area (Å²) in [4.78, 5) is 31.6. The third-order valence-electron chi connectivity index (χ3n) is 4.34. The third kappa shape index (κ3) is 2.97. The van der Waals surface area contributed by atoms with Crippen molar-refractivity contribution in [1.29, 1.82) is 0 Å². The van der Waals surface area contributed by atoms with Crippen LogP contribution in [0.15, 0.2) is 23.0 Å². The van der Waals surface area contributed by atoms with Gasteiger partial charge in [-0.15, -0.1) is 0 Å². The lowest BCUT2D eigenvalue weighted by Crippen LogP contribution is -2.31. The summed E-state index contributed by atoms with van der Waals surface area (Å²) in [5.74, 6) is 0.594. The number of aromatic amines is 2. The first kappa shape index (κ1) is 15.0. The van der Waals surface area contributed by atoms with Crippen LogP contribution in [0.25, 0.3) is 10.9 Å². The molecule has 1 saturated carbocycles. The molecule has 2 aromatic rings. The Morgan fingerprint density at radius 3 is 2.77 bits per heavy atom. The fourth-order valence-electron chi connectivity index (χ4n) is 3.19. The highest BCUT2D eigenvalue weighted by Crippen LogP contribution is 2.25. The first-order valence-electron chi connectivity index (χ1n) is 7.56. The Balaban J connectivity index is 1.87.